The van der Waals surface area contributed by atoms with E-state index in [-0.39, 0.29) is 0 Å². The summed E-state index contributed by atoms with van der Waals surface area (Å²) in [4.78, 5) is 14.3. The first-order valence-corrected chi connectivity index (χ1v) is 11.1. The topological polar surface area (TPSA) is 67.5 Å². The summed E-state index contributed by atoms with van der Waals surface area (Å²) in [6, 6.07) is 11.9. The number of piperazine rings is 1. The van der Waals surface area contributed by atoms with Gasteiger partial charge in [-0.3, -0.25) is 4.90 Å². The highest BCUT2D eigenvalue weighted by Crippen LogP contribution is 2.33. The second kappa shape index (κ2) is 8.81. The van der Waals surface area contributed by atoms with Crippen molar-refractivity contribution in [3.63, 3.8) is 0 Å². The van der Waals surface area contributed by atoms with Crippen LogP contribution in [0.2, 0.25) is 0 Å². The number of thiophene rings is 1. The lowest BCUT2D eigenvalue weighted by Crippen LogP contribution is -2.47. The van der Waals surface area contributed by atoms with Crippen LogP contribution in [0.1, 0.15) is 6.42 Å². The molecular weight excluding hydrogens is 398 g/mol. The maximum absolute atomic E-state index is 6.00. The van der Waals surface area contributed by atoms with Gasteiger partial charge in [0, 0.05) is 50.7 Å². The molecule has 0 spiro atoms. The second-order valence-corrected chi connectivity index (χ2v) is 8.15. The van der Waals surface area contributed by atoms with Crippen LogP contribution in [-0.2, 0) is 0 Å². The number of hydrogen-bond acceptors (Lipinski definition) is 8. The predicted molar refractivity (Wildman–Crippen MR) is 118 cm³/mol. The van der Waals surface area contributed by atoms with Crippen LogP contribution in [0.15, 0.2) is 58.7 Å². The molecule has 7 nitrogen and oxygen atoms in total. The summed E-state index contributed by atoms with van der Waals surface area (Å²) in [5.74, 6) is 2.49. The first-order valence-electron chi connectivity index (χ1n) is 10.2. The van der Waals surface area contributed by atoms with Crippen LogP contribution in [0.5, 0.6) is 5.75 Å². The molecule has 0 amide bonds. The Hall–Kier alpha value is -2.97. The van der Waals surface area contributed by atoms with Gasteiger partial charge in [-0.2, -0.15) is 0 Å². The van der Waals surface area contributed by atoms with Gasteiger partial charge >= 0.3 is 0 Å². The molecule has 0 unspecified atom stereocenters. The number of fused-ring (bicyclic) bond motifs is 1. The average Bonchev–Trinajstić information content (AvgIpc) is 3.42. The largest absolute Gasteiger partial charge is 0.494 e. The number of hydrogen-bond donors (Lipinski definition) is 0. The Morgan fingerprint density at radius 1 is 1.03 bits per heavy atom. The lowest BCUT2D eigenvalue weighted by molar-refractivity contribution is 0.224. The lowest BCUT2D eigenvalue weighted by Gasteiger charge is -2.34. The van der Waals surface area contributed by atoms with Gasteiger partial charge in [0.2, 0.25) is 5.95 Å². The van der Waals surface area contributed by atoms with Gasteiger partial charge in [-0.15, -0.1) is 11.3 Å². The molecule has 0 aliphatic carbocycles. The number of aromatic nitrogens is 3. The van der Waals surface area contributed by atoms with Crippen LogP contribution in [-0.4, -0.2) is 59.4 Å². The van der Waals surface area contributed by atoms with Gasteiger partial charge in [-0.1, -0.05) is 17.3 Å². The van der Waals surface area contributed by atoms with E-state index in [0.29, 0.717) is 6.61 Å². The minimum absolute atomic E-state index is 0.690. The third-order valence-corrected chi connectivity index (χ3v) is 6.09. The summed E-state index contributed by atoms with van der Waals surface area (Å²) in [6.07, 6.45) is 4.59. The Morgan fingerprint density at radius 3 is 2.77 bits per heavy atom. The molecule has 1 saturated heterocycles. The van der Waals surface area contributed by atoms with E-state index in [2.05, 4.69) is 24.9 Å². The molecule has 8 heteroatoms. The van der Waals surface area contributed by atoms with Gasteiger partial charge in [-0.05, 0) is 36.1 Å². The van der Waals surface area contributed by atoms with Crippen molar-refractivity contribution in [1.82, 2.24) is 20.0 Å². The zero-order chi connectivity index (χ0) is 20.2. The third kappa shape index (κ3) is 4.15. The summed E-state index contributed by atoms with van der Waals surface area (Å²) in [5, 5.41) is 7.21. The highest BCUT2D eigenvalue weighted by molar-refractivity contribution is 7.16. The number of rotatable bonds is 7. The zero-order valence-electron chi connectivity index (χ0n) is 16.6. The quantitative estimate of drug-likeness (QED) is 0.419. The van der Waals surface area contributed by atoms with Crippen molar-refractivity contribution in [2.24, 2.45) is 0 Å². The maximum atomic E-state index is 6.00. The third-order valence-electron chi connectivity index (χ3n) is 5.30. The molecule has 1 aliphatic rings. The van der Waals surface area contributed by atoms with Crippen molar-refractivity contribution in [3.8, 4) is 17.1 Å². The minimum atomic E-state index is 0.690. The van der Waals surface area contributed by atoms with Crippen molar-refractivity contribution in [3.05, 3.63) is 54.2 Å². The summed E-state index contributed by atoms with van der Waals surface area (Å²) in [7, 11) is 0. The summed E-state index contributed by atoms with van der Waals surface area (Å²) < 4.78 is 11.5. The van der Waals surface area contributed by atoms with E-state index in [0.717, 1.165) is 72.4 Å². The fourth-order valence-corrected chi connectivity index (χ4v) is 4.42. The summed E-state index contributed by atoms with van der Waals surface area (Å²) >= 11 is 1.59. The molecule has 30 heavy (non-hydrogen) atoms. The molecule has 1 aromatic carbocycles. The van der Waals surface area contributed by atoms with E-state index in [9.17, 15) is 0 Å². The van der Waals surface area contributed by atoms with Crippen molar-refractivity contribution in [2.45, 2.75) is 6.42 Å². The number of anilines is 1. The van der Waals surface area contributed by atoms with E-state index >= 15 is 0 Å². The first kappa shape index (κ1) is 19.0. The van der Waals surface area contributed by atoms with Crippen molar-refractivity contribution >= 4 is 27.5 Å². The van der Waals surface area contributed by atoms with E-state index in [1.165, 1.54) is 0 Å². The van der Waals surface area contributed by atoms with Crippen LogP contribution in [0.4, 0.5) is 5.95 Å². The molecule has 3 aromatic heterocycles. The zero-order valence-corrected chi connectivity index (χ0v) is 17.4. The lowest BCUT2D eigenvalue weighted by atomic mass is 10.1. The fraction of sp³-hybridized carbons (Fsp3) is 0.318. The van der Waals surface area contributed by atoms with E-state index in [1.54, 1.807) is 23.7 Å². The van der Waals surface area contributed by atoms with Gasteiger partial charge in [0.25, 0.3) is 0 Å². The van der Waals surface area contributed by atoms with E-state index in [4.69, 9.17) is 9.26 Å². The predicted octanol–water partition coefficient (Wildman–Crippen LogP) is 3.94. The van der Waals surface area contributed by atoms with E-state index < -0.39 is 0 Å². The molecule has 0 radical (unpaired) electrons. The second-order valence-electron chi connectivity index (χ2n) is 7.26. The van der Waals surface area contributed by atoms with Crippen LogP contribution in [0.25, 0.3) is 21.5 Å². The smallest absolute Gasteiger partial charge is 0.225 e. The molecule has 4 heterocycles. The summed E-state index contributed by atoms with van der Waals surface area (Å²) in [6.45, 7) is 5.69. The van der Waals surface area contributed by atoms with Crippen LogP contribution < -0.4 is 9.64 Å². The molecular formula is C22H23N5O2S. The van der Waals surface area contributed by atoms with Crippen molar-refractivity contribution in [2.75, 3.05) is 44.2 Å². The number of ether oxygens (including phenoxy) is 1. The van der Waals surface area contributed by atoms with Gasteiger partial charge < -0.3 is 14.2 Å². The van der Waals surface area contributed by atoms with Gasteiger partial charge in [0.05, 0.1) is 12.0 Å². The van der Waals surface area contributed by atoms with E-state index in [1.807, 2.05) is 41.8 Å². The molecule has 5 rings (SSSR count). The first-order chi connectivity index (χ1) is 14.9. The van der Waals surface area contributed by atoms with Gasteiger partial charge in [0.1, 0.15) is 5.75 Å². The molecule has 0 N–H and O–H groups in total. The molecule has 0 saturated carbocycles. The van der Waals surface area contributed by atoms with Gasteiger partial charge in [0.15, 0.2) is 10.6 Å². The molecule has 0 atom stereocenters. The number of benzene rings is 1. The standard InChI is InChI=1S/C22H23N5O2S/c1-4-17(20-19-6-15-30-21(19)25-29-20)16-18(5-1)28-14-3-9-26-10-12-27(13-11-26)22-23-7-2-8-24-22/h1-2,4-8,15-16H,3,9-14H2. The van der Waals surface area contributed by atoms with Crippen LogP contribution in [0, 0.1) is 0 Å². The molecule has 1 fully saturated rings. The van der Waals surface area contributed by atoms with Crippen molar-refractivity contribution < 1.29 is 9.26 Å². The number of nitrogens with zero attached hydrogens (tertiary/aromatic N) is 5. The maximum Gasteiger partial charge on any atom is 0.225 e. The van der Waals surface area contributed by atoms with Gasteiger partial charge in [-0.25, -0.2) is 9.97 Å². The molecule has 1 aliphatic heterocycles. The SMILES string of the molecule is c1cnc(N2CCN(CCCOc3cccc(-c4onc5sccc45)c3)CC2)nc1. The Kier molecular flexibility index (Phi) is 5.58. The monoisotopic (exact) mass is 421 g/mol. The fourth-order valence-electron chi connectivity index (χ4n) is 3.72. The molecule has 0 bridgehead atoms. The summed E-state index contributed by atoms with van der Waals surface area (Å²) in [5.41, 5.74) is 0.993. The average molecular weight is 422 g/mol. The Morgan fingerprint density at radius 2 is 1.90 bits per heavy atom. The van der Waals surface area contributed by atoms with Crippen LogP contribution >= 0.6 is 11.3 Å². The normalized spacial score (nSPS) is 15.0. The Bertz CT molecular complexity index is 1090. The highest BCUT2D eigenvalue weighted by atomic mass is 32.1. The minimum Gasteiger partial charge on any atom is -0.494 e. The Labute approximate surface area is 178 Å². The highest BCUT2D eigenvalue weighted by Gasteiger charge is 2.18. The van der Waals surface area contributed by atoms with Crippen molar-refractivity contribution in [1.29, 1.82) is 0 Å². The van der Waals surface area contributed by atoms with Crippen LogP contribution in [0.3, 0.4) is 0 Å². The molecule has 4 aromatic rings. The Balaban J connectivity index is 1.09. The molecule has 154 valence electrons.